The molecule has 0 bridgehead atoms. The minimum atomic E-state index is -0.205. The largest absolute Gasteiger partial charge is 0.507 e. The van der Waals surface area contributed by atoms with Gasteiger partial charge in [-0.15, -0.1) is 0 Å². The van der Waals surface area contributed by atoms with Gasteiger partial charge >= 0.3 is 0 Å². The molecule has 1 atom stereocenters. The maximum absolute atomic E-state index is 11.8. The Labute approximate surface area is 108 Å². The molecule has 0 spiro atoms. The molecule has 5 heteroatoms. The third-order valence-electron chi connectivity index (χ3n) is 2.93. The highest BCUT2D eigenvalue weighted by Crippen LogP contribution is 2.31. The Hall–Kier alpha value is -1.07. The number of phenolic OH excluding ortho intramolecular Hbond substituents is 1. The average Bonchev–Trinajstić information content (AvgIpc) is 3.13. The summed E-state index contributed by atoms with van der Waals surface area (Å²) in [4.78, 5) is 11.8. The van der Waals surface area contributed by atoms with Gasteiger partial charge in [0.25, 0.3) is 5.91 Å². The van der Waals surface area contributed by atoms with E-state index in [2.05, 4.69) is 21.2 Å². The number of amides is 1. The van der Waals surface area contributed by atoms with Crippen molar-refractivity contribution in [1.29, 1.82) is 0 Å². The first-order valence-corrected chi connectivity index (χ1v) is 6.39. The van der Waals surface area contributed by atoms with Crippen LogP contribution in [0.1, 0.15) is 23.2 Å². The number of carbonyl (C=O) groups is 1. The summed E-state index contributed by atoms with van der Waals surface area (Å²) >= 11 is 3.17. The summed E-state index contributed by atoms with van der Waals surface area (Å²) in [6, 6.07) is 4.78. The predicted octanol–water partition coefficient (Wildman–Crippen LogP) is 1.62. The van der Waals surface area contributed by atoms with Gasteiger partial charge in [0, 0.05) is 18.2 Å². The zero-order valence-electron chi connectivity index (χ0n) is 9.32. The second-order valence-electron chi connectivity index (χ2n) is 4.38. The van der Waals surface area contributed by atoms with Crippen LogP contribution in [0.15, 0.2) is 22.7 Å². The zero-order chi connectivity index (χ0) is 12.4. The number of nitrogens with one attached hydrogen (secondary N) is 1. The van der Waals surface area contributed by atoms with Crippen LogP contribution in [0.4, 0.5) is 0 Å². The summed E-state index contributed by atoms with van der Waals surface area (Å²) < 4.78 is 0.573. The summed E-state index contributed by atoms with van der Waals surface area (Å²) in [6.45, 7) is 0.486. The molecule has 1 amide bonds. The maximum atomic E-state index is 11.8. The smallest absolute Gasteiger partial charge is 0.251 e. The zero-order valence-corrected chi connectivity index (χ0v) is 10.9. The monoisotopic (exact) mass is 298 g/mol. The lowest BCUT2D eigenvalue weighted by atomic mass is 10.1. The molecule has 1 aromatic carbocycles. The van der Waals surface area contributed by atoms with Crippen LogP contribution < -0.4 is 11.1 Å². The van der Waals surface area contributed by atoms with Crippen molar-refractivity contribution in [3.05, 3.63) is 28.2 Å². The highest BCUT2D eigenvalue weighted by molar-refractivity contribution is 9.10. The van der Waals surface area contributed by atoms with Gasteiger partial charge < -0.3 is 16.2 Å². The number of rotatable bonds is 4. The van der Waals surface area contributed by atoms with Crippen molar-refractivity contribution in [1.82, 2.24) is 5.32 Å². The van der Waals surface area contributed by atoms with Crippen molar-refractivity contribution >= 4 is 21.8 Å². The average molecular weight is 299 g/mol. The summed E-state index contributed by atoms with van der Waals surface area (Å²) in [7, 11) is 0. The number of hydrogen-bond acceptors (Lipinski definition) is 3. The van der Waals surface area contributed by atoms with Crippen molar-refractivity contribution in [2.75, 3.05) is 6.54 Å². The van der Waals surface area contributed by atoms with E-state index in [4.69, 9.17) is 5.73 Å². The van der Waals surface area contributed by atoms with Crippen molar-refractivity contribution < 1.29 is 9.90 Å². The molecule has 1 saturated carbocycles. The fourth-order valence-electron chi connectivity index (χ4n) is 1.66. The Kier molecular flexibility index (Phi) is 3.69. The number of hydrogen-bond donors (Lipinski definition) is 3. The normalized spacial score (nSPS) is 16.6. The molecule has 17 heavy (non-hydrogen) atoms. The van der Waals surface area contributed by atoms with Crippen LogP contribution in [0.3, 0.4) is 0 Å². The molecule has 1 aliphatic carbocycles. The molecular formula is C12H15BrN2O2. The molecule has 0 saturated heterocycles. The lowest BCUT2D eigenvalue weighted by molar-refractivity contribution is 0.0950. The number of carbonyl (C=O) groups excluding carboxylic acids is 1. The van der Waals surface area contributed by atoms with Gasteiger partial charge in [0.15, 0.2) is 0 Å². The van der Waals surface area contributed by atoms with Gasteiger partial charge in [-0.05, 0) is 52.9 Å². The molecule has 0 heterocycles. The Balaban J connectivity index is 1.92. The summed E-state index contributed by atoms with van der Waals surface area (Å²) in [6.07, 6.45) is 2.33. The van der Waals surface area contributed by atoms with Gasteiger partial charge in [-0.25, -0.2) is 0 Å². The molecule has 0 radical (unpaired) electrons. The fraction of sp³-hybridized carbons (Fsp3) is 0.417. The van der Waals surface area contributed by atoms with Crippen LogP contribution in [0.5, 0.6) is 5.75 Å². The molecular weight excluding hydrogens is 284 g/mol. The predicted molar refractivity (Wildman–Crippen MR) is 68.8 cm³/mol. The topological polar surface area (TPSA) is 75.3 Å². The highest BCUT2D eigenvalue weighted by Gasteiger charge is 2.28. The van der Waals surface area contributed by atoms with E-state index in [-0.39, 0.29) is 17.7 Å². The van der Waals surface area contributed by atoms with E-state index in [1.54, 1.807) is 12.1 Å². The van der Waals surface area contributed by atoms with Crippen LogP contribution in [0, 0.1) is 5.92 Å². The van der Waals surface area contributed by atoms with Crippen LogP contribution >= 0.6 is 15.9 Å². The van der Waals surface area contributed by atoms with Gasteiger partial charge in [-0.3, -0.25) is 4.79 Å². The minimum Gasteiger partial charge on any atom is -0.507 e. The lowest BCUT2D eigenvalue weighted by Gasteiger charge is -2.11. The molecule has 4 nitrogen and oxygen atoms in total. The standard InChI is InChI=1S/C12H15BrN2O2/c13-9-4-3-8(5-11(9)16)12(17)15-6-10(14)7-1-2-7/h3-5,7,10,16H,1-2,6,14H2,(H,15,17). The molecule has 0 aliphatic heterocycles. The molecule has 1 aromatic rings. The SMILES string of the molecule is NC(CNC(=O)c1ccc(Br)c(O)c1)C1CC1. The van der Waals surface area contributed by atoms with E-state index in [9.17, 15) is 9.90 Å². The van der Waals surface area contributed by atoms with Crippen molar-refractivity contribution in [2.45, 2.75) is 18.9 Å². The number of phenols is 1. The minimum absolute atomic E-state index is 0.0444. The van der Waals surface area contributed by atoms with Gasteiger partial charge in [-0.2, -0.15) is 0 Å². The highest BCUT2D eigenvalue weighted by atomic mass is 79.9. The second kappa shape index (κ2) is 5.06. The molecule has 0 aromatic heterocycles. The molecule has 1 aliphatic rings. The van der Waals surface area contributed by atoms with Crippen molar-refractivity contribution in [3.8, 4) is 5.75 Å². The van der Waals surface area contributed by atoms with Gasteiger partial charge in [-0.1, -0.05) is 0 Å². The summed E-state index contributed by atoms with van der Waals surface area (Å²) in [5, 5.41) is 12.2. The quantitative estimate of drug-likeness (QED) is 0.791. The number of aromatic hydroxyl groups is 1. The molecule has 1 fully saturated rings. The summed E-state index contributed by atoms with van der Waals surface area (Å²) in [5.41, 5.74) is 6.33. The van der Waals surface area contributed by atoms with E-state index in [1.165, 1.54) is 6.07 Å². The summed E-state index contributed by atoms with van der Waals surface area (Å²) in [5.74, 6) is 0.418. The third-order valence-corrected chi connectivity index (χ3v) is 3.60. The number of benzene rings is 1. The van der Waals surface area contributed by atoms with Crippen LogP contribution in [-0.2, 0) is 0 Å². The maximum Gasteiger partial charge on any atom is 0.251 e. The lowest BCUT2D eigenvalue weighted by Crippen LogP contribution is -2.38. The molecule has 4 N–H and O–H groups in total. The first kappa shape index (κ1) is 12.4. The van der Waals surface area contributed by atoms with Crippen LogP contribution in [0.25, 0.3) is 0 Å². The molecule has 1 unspecified atom stereocenters. The van der Waals surface area contributed by atoms with Crippen molar-refractivity contribution in [3.63, 3.8) is 0 Å². The Morgan fingerprint density at radius 3 is 2.88 bits per heavy atom. The molecule has 2 rings (SSSR count). The van der Waals surface area contributed by atoms with E-state index in [1.807, 2.05) is 0 Å². The van der Waals surface area contributed by atoms with Crippen molar-refractivity contribution in [2.24, 2.45) is 11.7 Å². The Bertz CT molecular complexity index is 433. The second-order valence-corrected chi connectivity index (χ2v) is 5.23. The van der Waals surface area contributed by atoms with Crippen LogP contribution in [-0.4, -0.2) is 23.6 Å². The Morgan fingerprint density at radius 2 is 2.29 bits per heavy atom. The van der Waals surface area contributed by atoms with E-state index < -0.39 is 0 Å². The Morgan fingerprint density at radius 1 is 1.59 bits per heavy atom. The third kappa shape index (κ3) is 3.20. The van der Waals surface area contributed by atoms with E-state index >= 15 is 0 Å². The first-order valence-electron chi connectivity index (χ1n) is 5.60. The fourth-order valence-corrected chi connectivity index (χ4v) is 1.90. The van der Waals surface area contributed by atoms with Gasteiger partial charge in [0.2, 0.25) is 0 Å². The van der Waals surface area contributed by atoms with E-state index in [0.29, 0.717) is 22.5 Å². The number of halogens is 1. The van der Waals surface area contributed by atoms with Gasteiger partial charge in [0.05, 0.1) is 4.47 Å². The van der Waals surface area contributed by atoms with Crippen LogP contribution in [0.2, 0.25) is 0 Å². The number of nitrogens with two attached hydrogens (primary N) is 1. The first-order chi connectivity index (χ1) is 8.08. The van der Waals surface area contributed by atoms with Gasteiger partial charge in [0.1, 0.15) is 5.75 Å². The van der Waals surface area contributed by atoms with E-state index in [0.717, 1.165) is 12.8 Å². The molecule has 92 valence electrons.